The monoisotopic (exact) mass is 710 g/mol. The maximum Gasteiger partial charge on any atom is 0.407 e. The molecular weight excluding hydrogens is 660 g/mol. The molecule has 0 heterocycles. The average Bonchev–Trinajstić information content (AvgIpc) is 3.11. The lowest BCUT2D eigenvalue weighted by molar-refractivity contribution is -0.148. The van der Waals surface area contributed by atoms with E-state index in [9.17, 15) is 29.1 Å². The van der Waals surface area contributed by atoms with E-state index in [-0.39, 0.29) is 30.8 Å². The van der Waals surface area contributed by atoms with Gasteiger partial charge in [-0.25, -0.2) is 19.2 Å². The summed E-state index contributed by atoms with van der Waals surface area (Å²) in [6, 6.07) is 3.78. The Morgan fingerprint density at radius 3 is 2.00 bits per heavy atom. The lowest BCUT2D eigenvalue weighted by Gasteiger charge is -2.17. The van der Waals surface area contributed by atoms with Crippen LogP contribution in [0.5, 0.6) is 5.75 Å². The minimum atomic E-state index is -1.29. The van der Waals surface area contributed by atoms with Crippen molar-refractivity contribution in [2.75, 3.05) is 39.2 Å². The predicted octanol–water partition coefficient (Wildman–Crippen LogP) is 5.96. The summed E-state index contributed by atoms with van der Waals surface area (Å²) in [5.41, 5.74) is 5.59. The van der Waals surface area contributed by atoms with Gasteiger partial charge in [-0.15, -0.1) is 0 Å². The molecule has 1 unspecified atom stereocenters. The number of ether oxygens (including phenoxy) is 5. The molecule has 51 heavy (non-hydrogen) atoms. The fourth-order valence-corrected chi connectivity index (χ4v) is 3.83. The van der Waals surface area contributed by atoms with Crippen molar-refractivity contribution in [1.82, 2.24) is 5.32 Å². The summed E-state index contributed by atoms with van der Waals surface area (Å²) in [6.07, 6.45) is 26.9. The molecule has 0 fully saturated rings. The molecular formula is C38H50N2O11. The van der Waals surface area contributed by atoms with E-state index in [0.29, 0.717) is 6.42 Å². The van der Waals surface area contributed by atoms with Crippen molar-refractivity contribution in [3.8, 4) is 5.75 Å². The Hall–Kier alpha value is -5.59. The number of anilines is 1. The number of nitrogens with two attached hydrogens (primary N) is 1. The number of carbonyl (C=O) groups is 5. The standard InChI is InChI=1S/C38H50N2O11/c1-3-4-5-6-7-8-9-10-11-12-13-14-15-16-17-18-19-20-35(43)48-26-25-40-38(46)50-29-31(51-36(44)24-23-34(42)47-2)28-49-37(45)32-22-21-30(39)27-33(32)41/h4-5,7-8,10-11,13-14,16-17,21-24,27,31,41H,3,6,9,12,15,18-20,25-26,28-29,39H2,1-2H3,(H,40,46)/b5-4-,8-7-,11-10-,14-13-,17-16-,24-23+. The van der Waals surface area contributed by atoms with Gasteiger partial charge in [-0.3, -0.25) is 4.79 Å². The highest BCUT2D eigenvalue weighted by Crippen LogP contribution is 2.21. The summed E-state index contributed by atoms with van der Waals surface area (Å²) in [7, 11) is 1.12. The normalized spacial score (nSPS) is 12.3. The first-order chi connectivity index (χ1) is 24.7. The minimum absolute atomic E-state index is 0.0446. The van der Waals surface area contributed by atoms with Crippen molar-refractivity contribution in [2.45, 2.75) is 64.4 Å². The maximum absolute atomic E-state index is 12.4. The number of amides is 1. The van der Waals surface area contributed by atoms with Crippen molar-refractivity contribution in [1.29, 1.82) is 0 Å². The Kier molecular flexibility index (Phi) is 24.1. The number of rotatable bonds is 24. The zero-order valence-corrected chi connectivity index (χ0v) is 29.3. The first-order valence-corrected chi connectivity index (χ1v) is 16.7. The van der Waals surface area contributed by atoms with Crippen molar-refractivity contribution >= 4 is 35.7 Å². The van der Waals surface area contributed by atoms with Crippen molar-refractivity contribution < 1.29 is 52.8 Å². The molecule has 0 spiro atoms. The predicted molar refractivity (Wildman–Crippen MR) is 192 cm³/mol. The highest BCUT2D eigenvalue weighted by molar-refractivity contribution is 5.93. The van der Waals surface area contributed by atoms with Gasteiger partial charge in [0.15, 0.2) is 6.10 Å². The van der Waals surface area contributed by atoms with Crippen LogP contribution in [-0.4, -0.2) is 74.7 Å². The van der Waals surface area contributed by atoms with E-state index in [2.05, 4.69) is 65.6 Å². The molecule has 13 nitrogen and oxygen atoms in total. The molecule has 0 aliphatic carbocycles. The second-order valence-electron chi connectivity index (χ2n) is 10.6. The molecule has 0 saturated heterocycles. The van der Waals surface area contributed by atoms with Crippen molar-refractivity contribution in [2.24, 2.45) is 0 Å². The topological polar surface area (TPSA) is 190 Å². The Morgan fingerprint density at radius 2 is 1.39 bits per heavy atom. The second-order valence-corrected chi connectivity index (χ2v) is 10.6. The third-order valence-corrected chi connectivity index (χ3v) is 6.43. The van der Waals surface area contributed by atoms with E-state index in [1.165, 1.54) is 12.1 Å². The van der Waals surface area contributed by atoms with Crippen LogP contribution in [0.25, 0.3) is 0 Å². The van der Waals surface area contributed by atoms with Crippen LogP contribution in [0.4, 0.5) is 10.5 Å². The van der Waals surface area contributed by atoms with Gasteiger partial charge in [0, 0.05) is 30.3 Å². The summed E-state index contributed by atoms with van der Waals surface area (Å²) in [6.45, 7) is 0.883. The first-order valence-electron chi connectivity index (χ1n) is 16.7. The number of hydrogen-bond donors (Lipinski definition) is 3. The molecule has 4 N–H and O–H groups in total. The number of aromatic hydroxyl groups is 1. The molecule has 1 aromatic rings. The van der Waals surface area contributed by atoms with Crippen LogP contribution < -0.4 is 11.1 Å². The van der Waals surface area contributed by atoms with Gasteiger partial charge >= 0.3 is 30.0 Å². The van der Waals surface area contributed by atoms with Crippen LogP contribution in [0.1, 0.15) is 68.6 Å². The first kappa shape index (κ1) is 43.4. The van der Waals surface area contributed by atoms with Crippen LogP contribution in [0, 0.1) is 0 Å². The summed E-state index contributed by atoms with van der Waals surface area (Å²) >= 11 is 0. The van der Waals surface area contributed by atoms with Gasteiger partial charge in [-0.2, -0.15) is 0 Å². The number of alkyl carbamates (subject to hydrolysis) is 1. The maximum atomic E-state index is 12.4. The van der Waals surface area contributed by atoms with Gasteiger partial charge in [-0.1, -0.05) is 67.7 Å². The molecule has 0 aliphatic rings. The van der Waals surface area contributed by atoms with Crippen molar-refractivity contribution in [3.63, 3.8) is 0 Å². The Labute approximate surface area is 299 Å². The molecule has 0 bridgehead atoms. The second kappa shape index (κ2) is 28.3. The Morgan fingerprint density at radius 1 is 0.804 bits per heavy atom. The molecule has 0 aromatic heterocycles. The number of hydrogen-bond acceptors (Lipinski definition) is 12. The molecule has 1 rings (SSSR count). The minimum Gasteiger partial charge on any atom is -0.507 e. The average molecular weight is 711 g/mol. The summed E-state index contributed by atoms with van der Waals surface area (Å²) in [5.74, 6) is -3.60. The summed E-state index contributed by atoms with van der Waals surface area (Å²) in [5, 5.41) is 12.3. The van der Waals surface area contributed by atoms with E-state index in [1.807, 2.05) is 12.2 Å². The molecule has 1 aromatic carbocycles. The molecule has 0 radical (unpaired) electrons. The highest BCUT2D eigenvalue weighted by Gasteiger charge is 2.21. The third kappa shape index (κ3) is 23.4. The molecule has 0 saturated carbocycles. The van der Waals surface area contributed by atoms with E-state index in [1.54, 1.807) is 0 Å². The number of phenolic OH excluding ortho intramolecular Hbond substituents is 1. The highest BCUT2D eigenvalue weighted by atomic mass is 16.6. The van der Waals surface area contributed by atoms with Crippen molar-refractivity contribution in [3.05, 3.63) is 96.7 Å². The van der Waals surface area contributed by atoms with E-state index < -0.39 is 55.0 Å². The lowest BCUT2D eigenvalue weighted by atomic mass is 10.2. The van der Waals surface area contributed by atoms with Gasteiger partial charge in [0.2, 0.25) is 0 Å². The fraction of sp³-hybridized carbons (Fsp3) is 0.395. The van der Waals surface area contributed by atoms with Crippen LogP contribution in [0.2, 0.25) is 0 Å². The SMILES string of the molecule is CC/C=C\C/C=C\C/C=C\C/C=C\C/C=C\CCCC(=O)OCCNC(=O)OCC(COC(=O)c1ccc(N)cc1O)OC(=O)/C=C/C(=O)OC. The van der Waals surface area contributed by atoms with Gasteiger partial charge in [0.25, 0.3) is 0 Å². The number of carbonyl (C=O) groups excluding carboxylic acids is 5. The Balaban J connectivity index is 2.31. The quantitative estimate of drug-likeness (QED) is 0.0285. The van der Waals surface area contributed by atoms with Gasteiger partial charge in [-0.05, 0) is 57.1 Å². The zero-order chi connectivity index (χ0) is 37.5. The van der Waals surface area contributed by atoms with Gasteiger partial charge < -0.3 is 39.8 Å². The van der Waals surface area contributed by atoms with Gasteiger partial charge in [0.1, 0.15) is 31.1 Å². The third-order valence-electron chi connectivity index (χ3n) is 6.43. The smallest absolute Gasteiger partial charge is 0.407 e. The largest absolute Gasteiger partial charge is 0.507 e. The van der Waals surface area contributed by atoms with Crippen LogP contribution in [-0.2, 0) is 38.1 Å². The molecule has 278 valence electrons. The number of allylic oxidation sites excluding steroid dienone is 10. The van der Waals surface area contributed by atoms with Gasteiger partial charge in [0.05, 0.1) is 13.7 Å². The van der Waals surface area contributed by atoms with E-state index in [4.69, 9.17) is 24.7 Å². The van der Waals surface area contributed by atoms with Crippen LogP contribution in [0.15, 0.2) is 91.1 Å². The fourth-order valence-electron chi connectivity index (χ4n) is 3.83. The lowest BCUT2D eigenvalue weighted by Crippen LogP contribution is -2.34. The van der Waals surface area contributed by atoms with E-state index >= 15 is 0 Å². The van der Waals surface area contributed by atoms with Crippen LogP contribution >= 0.6 is 0 Å². The Bertz CT molecular complexity index is 1410. The number of nitrogen functional groups attached to an aromatic ring is 1. The summed E-state index contributed by atoms with van der Waals surface area (Å²) < 4.78 is 24.8. The molecule has 0 aliphatic heterocycles. The summed E-state index contributed by atoms with van der Waals surface area (Å²) in [4.78, 5) is 59.9. The molecule has 1 amide bonds. The number of benzene rings is 1. The molecule has 1 atom stereocenters. The number of methoxy groups -OCH3 is 1. The molecule has 13 heteroatoms. The number of phenols is 1. The van der Waals surface area contributed by atoms with E-state index in [0.717, 1.165) is 63.9 Å². The number of unbranched alkanes of at least 4 members (excludes halogenated alkanes) is 1. The van der Waals surface area contributed by atoms with Crippen LogP contribution in [0.3, 0.4) is 0 Å². The number of nitrogens with one attached hydrogen (secondary N) is 1. The number of esters is 4. The zero-order valence-electron chi connectivity index (χ0n) is 29.3.